The van der Waals surface area contributed by atoms with Gasteiger partial charge in [0, 0.05) is 12.2 Å². The van der Waals surface area contributed by atoms with Crippen LogP contribution in [0.5, 0.6) is 0 Å². The van der Waals surface area contributed by atoms with Crippen molar-refractivity contribution < 1.29 is 9.90 Å². The van der Waals surface area contributed by atoms with Gasteiger partial charge in [0.15, 0.2) is 5.69 Å². The first-order valence-electron chi connectivity index (χ1n) is 6.11. The van der Waals surface area contributed by atoms with Crippen LogP contribution in [0.3, 0.4) is 0 Å². The largest absolute Gasteiger partial charge is 0.476 e. The highest BCUT2D eigenvalue weighted by molar-refractivity contribution is 5.84. The summed E-state index contributed by atoms with van der Waals surface area (Å²) < 4.78 is 0. The molecule has 2 aromatic rings. The Bertz CT molecular complexity index is 610. The number of anilines is 1. The third-order valence-corrected chi connectivity index (χ3v) is 3.26. The molecule has 1 aliphatic heterocycles. The van der Waals surface area contributed by atoms with E-state index in [1.165, 1.54) is 23.6 Å². The summed E-state index contributed by atoms with van der Waals surface area (Å²) in [6.45, 7) is 1.62. The fourth-order valence-electron chi connectivity index (χ4n) is 2.31. The summed E-state index contributed by atoms with van der Waals surface area (Å²) in [7, 11) is 0. The van der Waals surface area contributed by atoms with E-state index in [0.717, 1.165) is 18.7 Å². The molecule has 1 N–H and O–H groups in total. The van der Waals surface area contributed by atoms with Crippen molar-refractivity contribution in [1.29, 1.82) is 0 Å². The number of aromatic carboxylic acids is 1. The number of nitrogens with zero attached hydrogens (tertiary/aromatic N) is 3. The van der Waals surface area contributed by atoms with E-state index in [-0.39, 0.29) is 5.69 Å². The van der Waals surface area contributed by atoms with Gasteiger partial charge >= 0.3 is 5.97 Å². The van der Waals surface area contributed by atoms with E-state index in [1.807, 2.05) is 12.1 Å². The molecule has 1 aromatic heterocycles. The Hall–Kier alpha value is -2.43. The van der Waals surface area contributed by atoms with Crippen LogP contribution in [0.15, 0.2) is 36.7 Å². The molecule has 1 aromatic carbocycles. The van der Waals surface area contributed by atoms with Crippen LogP contribution < -0.4 is 4.90 Å². The summed E-state index contributed by atoms with van der Waals surface area (Å²) in [4.78, 5) is 21.0. The van der Waals surface area contributed by atoms with Gasteiger partial charge in [0.2, 0.25) is 0 Å². The Morgan fingerprint density at radius 2 is 2.11 bits per heavy atom. The molecule has 5 nitrogen and oxygen atoms in total. The van der Waals surface area contributed by atoms with Gasteiger partial charge in [-0.3, -0.25) is 4.98 Å². The molecule has 0 saturated heterocycles. The van der Waals surface area contributed by atoms with Crippen molar-refractivity contribution in [2.45, 2.75) is 13.0 Å². The Balaban J connectivity index is 1.78. The zero-order valence-electron chi connectivity index (χ0n) is 10.3. The van der Waals surface area contributed by atoms with Crippen molar-refractivity contribution in [3.63, 3.8) is 0 Å². The Labute approximate surface area is 110 Å². The lowest BCUT2D eigenvalue weighted by atomic mass is 10.2. The van der Waals surface area contributed by atoms with E-state index < -0.39 is 5.97 Å². The number of para-hydroxylation sites is 1. The molecule has 0 spiro atoms. The highest BCUT2D eigenvalue weighted by Crippen LogP contribution is 2.28. The summed E-state index contributed by atoms with van der Waals surface area (Å²) in [6, 6.07) is 8.30. The van der Waals surface area contributed by atoms with Gasteiger partial charge in [0.1, 0.15) is 0 Å². The number of carbonyl (C=O) groups is 1. The van der Waals surface area contributed by atoms with E-state index >= 15 is 0 Å². The quantitative estimate of drug-likeness (QED) is 0.904. The van der Waals surface area contributed by atoms with Crippen molar-refractivity contribution in [1.82, 2.24) is 9.97 Å². The number of carboxylic acids is 1. The van der Waals surface area contributed by atoms with Gasteiger partial charge in [-0.15, -0.1) is 0 Å². The average molecular weight is 255 g/mol. The third kappa shape index (κ3) is 2.27. The molecule has 0 saturated carbocycles. The molecule has 0 aliphatic carbocycles. The lowest BCUT2D eigenvalue weighted by Crippen LogP contribution is -2.20. The van der Waals surface area contributed by atoms with Crippen LogP contribution in [-0.4, -0.2) is 27.6 Å². The number of aromatic nitrogens is 2. The normalized spacial score (nSPS) is 13.4. The minimum Gasteiger partial charge on any atom is -0.476 e. The number of benzene rings is 1. The second kappa shape index (κ2) is 4.68. The number of hydrogen-bond acceptors (Lipinski definition) is 4. The predicted octanol–water partition coefficient (Wildman–Crippen LogP) is 1.74. The molecule has 5 heteroatoms. The molecular formula is C14H13N3O2. The molecule has 96 valence electrons. The summed E-state index contributed by atoms with van der Waals surface area (Å²) in [5.74, 6) is -1.05. The van der Waals surface area contributed by atoms with E-state index in [9.17, 15) is 4.79 Å². The highest BCUT2D eigenvalue weighted by Gasteiger charge is 2.18. The van der Waals surface area contributed by atoms with Crippen molar-refractivity contribution in [3.8, 4) is 0 Å². The van der Waals surface area contributed by atoms with Crippen LogP contribution in [0.4, 0.5) is 5.69 Å². The summed E-state index contributed by atoms with van der Waals surface area (Å²) in [5.41, 5.74) is 3.33. The second-order valence-corrected chi connectivity index (χ2v) is 4.50. The smallest absolute Gasteiger partial charge is 0.356 e. The molecule has 0 radical (unpaired) electrons. The maximum Gasteiger partial charge on any atom is 0.356 e. The molecule has 19 heavy (non-hydrogen) atoms. The zero-order valence-corrected chi connectivity index (χ0v) is 10.3. The minimum atomic E-state index is -1.05. The molecular weight excluding hydrogens is 242 g/mol. The number of carboxylic acid groups (broad SMARTS) is 1. The number of rotatable bonds is 3. The van der Waals surface area contributed by atoms with Crippen molar-refractivity contribution in [2.75, 3.05) is 11.4 Å². The molecule has 2 heterocycles. The van der Waals surface area contributed by atoms with Crippen LogP contribution >= 0.6 is 0 Å². The van der Waals surface area contributed by atoms with E-state index in [4.69, 9.17) is 5.11 Å². The van der Waals surface area contributed by atoms with E-state index in [2.05, 4.69) is 27.0 Å². The van der Waals surface area contributed by atoms with Crippen LogP contribution in [0.2, 0.25) is 0 Å². The molecule has 3 rings (SSSR count). The minimum absolute atomic E-state index is 0.0226. The monoisotopic (exact) mass is 255 g/mol. The third-order valence-electron chi connectivity index (χ3n) is 3.26. The molecule has 0 bridgehead atoms. The summed E-state index contributed by atoms with van der Waals surface area (Å²) >= 11 is 0. The van der Waals surface area contributed by atoms with Gasteiger partial charge in [-0.1, -0.05) is 18.2 Å². The molecule has 0 fully saturated rings. The molecule has 0 atom stereocenters. The Morgan fingerprint density at radius 1 is 1.26 bits per heavy atom. The molecule has 0 amide bonds. The highest BCUT2D eigenvalue weighted by atomic mass is 16.4. The van der Waals surface area contributed by atoms with Gasteiger partial charge in [-0.25, -0.2) is 9.78 Å². The fourth-order valence-corrected chi connectivity index (χ4v) is 2.31. The summed E-state index contributed by atoms with van der Waals surface area (Å²) in [6.07, 6.45) is 3.88. The van der Waals surface area contributed by atoms with E-state index in [1.54, 1.807) is 0 Å². The first kappa shape index (κ1) is 11.6. The Kier molecular flexibility index (Phi) is 2.87. The van der Waals surface area contributed by atoms with Crippen molar-refractivity contribution in [2.24, 2.45) is 0 Å². The molecule has 1 aliphatic rings. The van der Waals surface area contributed by atoms with Gasteiger partial charge in [-0.05, 0) is 18.1 Å². The number of fused-ring (bicyclic) bond motifs is 1. The summed E-state index contributed by atoms with van der Waals surface area (Å²) in [5, 5.41) is 8.78. The van der Waals surface area contributed by atoms with Crippen LogP contribution in [0, 0.1) is 0 Å². The van der Waals surface area contributed by atoms with Gasteiger partial charge < -0.3 is 10.0 Å². The fraction of sp³-hybridized carbons (Fsp3) is 0.214. The van der Waals surface area contributed by atoms with Gasteiger partial charge in [0.25, 0.3) is 0 Å². The van der Waals surface area contributed by atoms with Crippen molar-refractivity contribution >= 4 is 11.7 Å². The SMILES string of the molecule is O=C(O)c1cnc(CN2CCc3ccccc32)cn1. The first-order valence-corrected chi connectivity index (χ1v) is 6.11. The first-order chi connectivity index (χ1) is 9.24. The Morgan fingerprint density at radius 3 is 2.84 bits per heavy atom. The lowest BCUT2D eigenvalue weighted by Gasteiger charge is -2.18. The maximum absolute atomic E-state index is 10.7. The van der Waals surface area contributed by atoms with Crippen LogP contribution in [0.25, 0.3) is 0 Å². The second-order valence-electron chi connectivity index (χ2n) is 4.50. The van der Waals surface area contributed by atoms with Crippen LogP contribution in [-0.2, 0) is 13.0 Å². The lowest BCUT2D eigenvalue weighted by molar-refractivity contribution is 0.0690. The maximum atomic E-state index is 10.7. The van der Waals surface area contributed by atoms with E-state index in [0.29, 0.717) is 6.54 Å². The topological polar surface area (TPSA) is 66.3 Å². The average Bonchev–Trinajstić information content (AvgIpc) is 2.83. The van der Waals surface area contributed by atoms with Crippen LogP contribution in [0.1, 0.15) is 21.7 Å². The standard InChI is InChI=1S/C14H13N3O2/c18-14(19)12-8-15-11(7-16-12)9-17-6-5-10-3-1-2-4-13(10)17/h1-4,7-8H,5-6,9H2,(H,18,19). The zero-order chi connectivity index (χ0) is 13.2. The predicted molar refractivity (Wildman–Crippen MR) is 70.2 cm³/mol. The van der Waals surface area contributed by atoms with Crippen molar-refractivity contribution in [3.05, 3.63) is 53.6 Å². The number of hydrogen-bond donors (Lipinski definition) is 1. The molecule has 0 unspecified atom stereocenters. The van der Waals surface area contributed by atoms with Gasteiger partial charge in [-0.2, -0.15) is 0 Å². The van der Waals surface area contributed by atoms with Gasteiger partial charge in [0.05, 0.1) is 24.6 Å².